The molecule has 0 aromatic rings. The molecule has 262 valence electrons. The van der Waals surface area contributed by atoms with Gasteiger partial charge in [0.1, 0.15) is 0 Å². The number of rotatable bonds is 13. The minimum absolute atomic E-state index is 0.00958. The van der Waals surface area contributed by atoms with E-state index in [4.69, 9.17) is 5.11 Å². The molecule has 0 spiro atoms. The fraction of sp³-hybridized carbons (Fsp3) is 0.900. The van der Waals surface area contributed by atoms with Gasteiger partial charge < -0.3 is 20.6 Å². The van der Waals surface area contributed by atoms with E-state index in [1.54, 1.807) is 0 Å². The largest absolute Gasteiger partial charge is 0.481 e. The Hall–Kier alpha value is -1.40. The van der Waals surface area contributed by atoms with Gasteiger partial charge >= 0.3 is 5.97 Å². The Bertz CT molecular complexity index is 1130. The average Bonchev–Trinajstić information content (AvgIpc) is 3.41. The van der Waals surface area contributed by atoms with E-state index in [2.05, 4.69) is 46.5 Å². The molecule has 5 aliphatic carbocycles. The first kappa shape index (κ1) is 35.9. The molecule has 0 radical (unpaired) electrons. The Morgan fingerprint density at radius 1 is 0.761 bits per heavy atom. The number of hydrogen-bond acceptors (Lipinski definition) is 4. The molecule has 5 rings (SSSR count). The third kappa shape index (κ3) is 5.81. The molecule has 6 heteroatoms. The van der Waals surface area contributed by atoms with Crippen molar-refractivity contribution < 1.29 is 24.9 Å². The van der Waals surface area contributed by atoms with Gasteiger partial charge in [-0.25, -0.2) is 0 Å². The Morgan fingerprint density at radius 2 is 1.43 bits per heavy atom. The topological polar surface area (TPSA) is 107 Å². The number of carboxylic acid groups (broad SMARTS) is 1. The van der Waals surface area contributed by atoms with E-state index < -0.39 is 5.97 Å². The number of aliphatic hydroxyl groups is 2. The first-order chi connectivity index (χ1) is 21.7. The molecule has 0 saturated heterocycles. The maximum Gasteiger partial charge on any atom is 0.303 e. The molecule has 6 nitrogen and oxygen atoms in total. The van der Waals surface area contributed by atoms with Crippen LogP contribution in [-0.4, -0.2) is 46.5 Å². The van der Waals surface area contributed by atoms with Crippen LogP contribution in [0.4, 0.5) is 0 Å². The summed E-state index contributed by atoms with van der Waals surface area (Å²) in [7, 11) is 0. The molecular weight excluding hydrogens is 574 g/mol. The first-order valence-corrected chi connectivity index (χ1v) is 19.2. The fourth-order valence-electron chi connectivity index (χ4n) is 13.2. The van der Waals surface area contributed by atoms with Crippen molar-refractivity contribution in [2.75, 3.05) is 13.2 Å². The standard InChI is InChI=1S/C40H67NO5/c1-27(26-42)28-17-22-40(35(46)41-25-13-11-9-7-8-10-12-14-33(44)45)24-23-38(5)29(34(28)40)15-16-31-37(4)20-19-32(43)36(2,3)30(37)18-21-39(31,38)6/h28-32,34,42-43H,1,7-26H2,2-6H3,(H,41,46)(H,44,45)/t28-,29+,30-,31?,32-,34+,37-,38+,39+,40-/m0/s1. The minimum atomic E-state index is -0.706. The number of aliphatic carboxylic acids is 1. The highest BCUT2D eigenvalue weighted by Crippen LogP contribution is 2.77. The molecule has 5 saturated carbocycles. The van der Waals surface area contributed by atoms with Crippen LogP contribution in [0.1, 0.15) is 150 Å². The third-order valence-electron chi connectivity index (χ3n) is 15.9. The molecule has 5 fully saturated rings. The monoisotopic (exact) mass is 642 g/mol. The van der Waals surface area contributed by atoms with E-state index in [1.807, 2.05) is 0 Å². The number of aliphatic hydroxyl groups excluding tert-OH is 2. The Kier molecular flexibility index (Phi) is 10.5. The molecule has 1 unspecified atom stereocenters. The van der Waals surface area contributed by atoms with Crippen LogP contribution in [0.3, 0.4) is 0 Å². The lowest BCUT2D eigenvalue weighted by molar-refractivity contribution is -0.246. The van der Waals surface area contributed by atoms with Crippen molar-refractivity contribution >= 4 is 11.9 Å². The number of nitrogens with one attached hydrogen (secondary N) is 1. The molecule has 4 N–H and O–H groups in total. The summed E-state index contributed by atoms with van der Waals surface area (Å²) < 4.78 is 0. The Balaban J connectivity index is 1.29. The molecular formula is C40H67NO5. The number of carbonyl (C=O) groups is 2. The van der Waals surface area contributed by atoms with E-state index in [0.29, 0.717) is 17.8 Å². The highest BCUT2D eigenvalue weighted by atomic mass is 16.4. The number of unbranched alkanes of at least 4 members (excludes halogenated alkanes) is 6. The molecule has 0 aromatic carbocycles. The molecule has 5 aliphatic rings. The molecule has 0 heterocycles. The maximum absolute atomic E-state index is 14.3. The lowest BCUT2D eigenvalue weighted by atomic mass is 9.32. The van der Waals surface area contributed by atoms with Gasteiger partial charge in [-0.3, -0.25) is 9.59 Å². The summed E-state index contributed by atoms with van der Waals surface area (Å²) in [6.45, 7) is 17.5. The minimum Gasteiger partial charge on any atom is -0.481 e. The van der Waals surface area contributed by atoms with Gasteiger partial charge in [-0.1, -0.05) is 73.3 Å². The van der Waals surface area contributed by atoms with Gasteiger partial charge in [-0.05, 0) is 134 Å². The van der Waals surface area contributed by atoms with Gasteiger partial charge in [0.15, 0.2) is 0 Å². The molecule has 0 aromatic heterocycles. The number of hydrogen-bond donors (Lipinski definition) is 4. The van der Waals surface area contributed by atoms with Crippen LogP contribution in [0.15, 0.2) is 12.2 Å². The van der Waals surface area contributed by atoms with E-state index >= 15 is 0 Å². The van der Waals surface area contributed by atoms with Crippen molar-refractivity contribution in [2.45, 2.75) is 156 Å². The van der Waals surface area contributed by atoms with Gasteiger partial charge in [0.05, 0.1) is 18.1 Å². The summed E-state index contributed by atoms with van der Waals surface area (Å²) in [6.07, 6.45) is 17.9. The van der Waals surface area contributed by atoms with E-state index in [0.717, 1.165) is 102 Å². The molecule has 0 bridgehead atoms. The smallest absolute Gasteiger partial charge is 0.303 e. The van der Waals surface area contributed by atoms with Gasteiger partial charge in [0, 0.05) is 13.0 Å². The van der Waals surface area contributed by atoms with Crippen molar-refractivity contribution in [1.82, 2.24) is 5.32 Å². The first-order valence-electron chi connectivity index (χ1n) is 19.2. The average molecular weight is 642 g/mol. The zero-order valence-electron chi connectivity index (χ0n) is 30.0. The maximum atomic E-state index is 14.3. The van der Waals surface area contributed by atoms with Gasteiger partial charge in [-0.2, -0.15) is 0 Å². The molecule has 0 aliphatic heterocycles. The summed E-state index contributed by atoms with van der Waals surface area (Å²) in [6, 6.07) is 0. The second-order valence-electron chi connectivity index (χ2n) is 18.1. The Labute approximate surface area is 280 Å². The summed E-state index contributed by atoms with van der Waals surface area (Å²) in [5.41, 5.74) is 1.09. The van der Waals surface area contributed by atoms with Crippen molar-refractivity contribution in [3.05, 3.63) is 12.2 Å². The highest BCUT2D eigenvalue weighted by molar-refractivity contribution is 5.84. The van der Waals surface area contributed by atoms with Crippen LogP contribution in [0.2, 0.25) is 0 Å². The normalized spacial score (nSPS) is 42.7. The number of carbonyl (C=O) groups excluding carboxylic acids is 1. The number of carboxylic acids is 1. The van der Waals surface area contributed by atoms with Gasteiger partial charge in [-0.15, -0.1) is 0 Å². The number of amides is 1. The molecule has 1 amide bonds. The van der Waals surface area contributed by atoms with Crippen molar-refractivity contribution in [1.29, 1.82) is 0 Å². The van der Waals surface area contributed by atoms with Crippen LogP contribution in [0, 0.1) is 56.7 Å². The van der Waals surface area contributed by atoms with Gasteiger partial charge in [0.2, 0.25) is 5.91 Å². The zero-order chi connectivity index (χ0) is 33.5. The van der Waals surface area contributed by atoms with Crippen LogP contribution in [-0.2, 0) is 9.59 Å². The number of fused-ring (bicyclic) bond motifs is 7. The van der Waals surface area contributed by atoms with Crippen molar-refractivity contribution in [3.8, 4) is 0 Å². The van der Waals surface area contributed by atoms with E-state index in [1.165, 1.54) is 19.3 Å². The summed E-state index contributed by atoms with van der Waals surface area (Å²) in [4.78, 5) is 25.0. The lowest BCUT2D eigenvalue weighted by Gasteiger charge is -2.72. The SMILES string of the molecule is C=C(CO)[C@@H]1CC[C@]2(C(=O)NCCCCCCCCCC(=O)O)CC[C@]3(C)[C@H](CCC4[C@@]5(C)CC[C@H](O)C(C)(C)[C@@H]5CC[C@]43C)[C@@H]12. The molecule has 46 heavy (non-hydrogen) atoms. The predicted molar refractivity (Wildman–Crippen MR) is 184 cm³/mol. The van der Waals surface area contributed by atoms with Crippen LogP contribution in [0.5, 0.6) is 0 Å². The van der Waals surface area contributed by atoms with Crippen molar-refractivity contribution in [3.63, 3.8) is 0 Å². The quantitative estimate of drug-likeness (QED) is 0.120. The summed E-state index contributed by atoms with van der Waals surface area (Å²) >= 11 is 0. The van der Waals surface area contributed by atoms with Crippen molar-refractivity contribution in [2.24, 2.45) is 56.7 Å². The highest BCUT2D eigenvalue weighted by Gasteiger charge is 2.71. The Morgan fingerprint density at radius 3 is 2.11 bits per heavy atom. The fourth-order valence-corrected chi connectivity index (χ4v) is 13.2. The second-order valence-corrected chi connectivity index (χ2v) is 18.1. The van der Waals surface area contributed by atoms with Crippen LogP contribution < -0.4 is 5.32 Å². The zero-order valence-corrected chi connectivity index (χ0v) is 30.0. The third-order valence-corrected chi connectivity index (χ3v) is 15.9. The lowest BCUT2D eigenvalue weighted by Crippen LogP contribution is -2.67. The predicted octanol–water partition coefficient (Wildman–Crippen LogP) is 8.30. The van der Waals surface area contributed by atoms with Crippen LogP contribution in [0.25, 0.3) is 0 Å². The summed E-state index contributed by atoms with van der Waals surface area (Å²) in [5, 5.41) is 33.6. The van der Waals surface area contributed by atoms with Gasteiger partial charge in [0.25, 0.3) is 0 Å². The van der Waals surface area contributed by atoms with E-state index in [9.17, 15) is 19.8 Å². The van der Waals surface area contributed by atoms with Crippen LogP contribution >= 0.6 is 0 Å². The summed E-state index contributed by atoms with van der Waals surface area (Å²) in [5.74, 6) is 1.62. The molecule has 10 atom stereocenters. The second kappa shape index (κ2) is 13.5. The van der Waals surface area contributed by atoms with E-state index in [-0.39, 0.29) is 63.9 Å².